The van der Waals surface area contributed by atoms with Gasteiger partial charge in [-0.3, -0.25) is 0 Å². The lowest BCUT2D eigenvalue weighted by atomic mass is 10.3. The maximum Gasteiger partial charge on any atom is 0.360 e. The summed E-state index contributed by atoms with van der Waals surface area (Å²) < 4.78 is 16.9. The Balaban J connectivity index is 2.52. The molecule has 0 radical (unpaired) electrons. The van der Waals surface area contributed by atoms with Gasteiger partial charge in [-0.15, -0.1) is 5.10 Å². The van der Waals surface area contributed by atoms with Crippen molar-refractivity contribution < 1.29 is 19.0 Å². The molecule has 0 saturated carbocycles. The first-order chi connectivity index (χ1) is 9.06. The van der Waals surface area contributed by atoms with Crippen molar-refractivity contribution in [2.45, 2.75) is 33.4 Å². The third-order valence-electron chi connectivity index (χ3n) is 2.45. The number of carbonyl (C=O) groups excluding carboxylic acids is 1. The molecule has 0 bridgehead atoms. The maximum atomic E-state index is 11.7. The van der Waals surface area contributed by atoms with Gasteiger partial charge in [-0.05, 0) is 20.8 Å². The lowest BCUT2D eigenvalue weighted by Crippen LogP contribution is -2.14. The van der Waals surface area contributed by atoms with Crippen LogP contribution in [-0.2, 0) is 20.8 Å². The summed E-state index contributed by atoms with van der Waals surface area (Å²) in [5.41, 5.74) is 0.912. The Kier molecular flexibility index (Phi) is 6.44. The fraction of sp³-hybridized carbons (Fsp3) is 0.750. The molecule has 1 aromatic rings. The Labute approximate surface area is 112 Å². The van der Waals surface area contributed by atoms with Crippen LogP contribution in [0.15, 0.2) is 0 Å². The normalized spacial score (nSPS) is 11.0. The van der Waals surface area contributed by atoms with Crippen molar-refractivity contribution in [1.82, 2.24) is 15.0 Å². The molecule has 0 aromatic carbocycles. The van der Waals surface area contributed by atoms with E-state index in [9.17, 15) is 4.79 Å². The van der Waals surface area contributed by atoms with E-state index in [4.69, 9.17) is 14.2 Å². The number of ether oxygens (including phenoxy) is 3. The number of carbonyl (C=O) groups is 1. The predicted octanol–water partition coefficient (Wildman–Crippen LogP) is 0.815. The molecule has 7 heteroatoms. The summed E-state index contributed by atoms with van der Waals surface area (Å²) in [5.74, 6) is -0.481. The fourth-order valence-electron chi connectivity index (χ4n) is 1.42. The highest BCUT2D eigenvalue weighted by atomic mass is 16.6. The number of esters is 1. The van der Waals surface area contributed by atoms with E-state index in [2.05, 4.69) is 10.3 Å². The topological polar surface area (TPSA) is 75.5 Å². The Morgan fingerprint density at radius 2 is 2.05 bits per heavy atom. The summed E-state index contributed by atoms with van der Waals surface area (Å²) in [4.78, 5) is 11.7. The monoisotopic (exact) mass is 271 g/mol. The standard InChI is InChI=1S/C12H21N3O4/c1-9(2)18-6-5-15-10(3)11(13-14-15)12(16)19-8-7-17-4/h9H,5-8H2,1-4H3. The number of hydrogen-bond donors (Lipinski definition) is 0. The molecule has 0 unspecified atom stereocenters. The van der Waals surface area contributed by atoms with Gasteiger partial charge in [-0.25, -0.2) is 9.48 Å². The van der Waals surface area contributed by atoms with Gasteiger partial charge in [0.05, 0.1) is 31.6 Å². The molecule has 1 heterocycles. The van der Waals surface area contributed by atoms with Crippen LogP contribution < -0.4 is 0 Å². The van der Waals surface area contributed by atoms with E-state index in [1.807, 2.05) is 13.8 Å². The minimum Gasteiger partial charge on any atom is -0.458 e. The molecule has 19 heavy (non-hydrogen) atoms. The second-order valence-electron chi connectivity index (χ2n) is 4.29. The SMILES string of the molecule is COCCOC(=O)c1nnn(CCOC(C)C)c1C. The van der Waals surface area contributed by atoms with Crippen LogP contribution in [0.5, 0.6) is 0 Å². The third kappa shape index (κ3) is 4.96. The van der Waals surface area contributed by atoms with Crippen LogP contribution in [0.4, 0.5) is 0 Å². The number of aromatic nitrogens is 3. The van der Waals surface area contributed by atoms with Crippen molar-refractivity contribution in [3.05, 3.63) is 11.4 Å². The highest BCUT2D eigenvalue weighted by molar-refractivity contribution is 5.88. The largest absolute Gasteiger partial charge is 0.458 e. The molecular weight excluding hydrogens is 250 g/mol. The number of rotatable bonds is 8. The van der Waals surface area contributed by atoms with Crippen LogP contribution in [0.1, 0.15) is 30.0 Å². The Bertz CT molecular complexity index is 404. The molecule has 1 aromatic heterocycles. The molecule has 108 valence electrons. The third-order valence-corrected chi connectivity index (χ3v) is 2.45. The molecule has 0 fully saturated rings. The van der Waals surface area contributed by atoms with Crippen LogP contribution >= 0.6 is 0 Å². The van der Waals surface area contributed by atoms with Gasteiger partial charge in [0.15, 0.2) is 5.69 Å². The minimum absolute atomic E-state index is 0.169. The van der Waals surface area contributed by atoms with Gasteiger partial charge in [0.1, 0.15) is 6.61 Å². The number of nitrogens with zero attached hydrogens (tertiary/aromatic N) is 3. The molecule has 0 aliphatic rings. The summed E-state index contributed by atoms with van der Waals surface area (Å²) in [7, 11) is 1.55. The van der Waals surface area contributed by atoms with Gasteiger partial charge in [0, 0.05) is 7.11 Å². The van der Waals surface area contributed by atoms with Crippen LogP contribution in [-0.4, -0.2) is 54.0 Å². The van der Waals surface area contributed by atoms with E-state index in [0.717, 1.165) is 0 Å². The van der Waals surface area contributed by atoms with Gasteiger partial charge in [0.2, 0.25) is 0 Å². The highest BCUT2D eigenvalue weighted by Crippen LogP contribution is 2.05. The van der Waals surface area contributed by atoms with E-state index < -0.39 is 5.97 Å². The summed E-state index contributed by atoms with van der Waals surface area (Å²) in [6.45, 7) is 7.36. The van der Waals surface area contributed by atoms with Gasteiger partial charge in [0.25, 0.3) is 0 Å². The average Bonchev–Trinajstić information content (AvgIpc) is 2.71. The first kappa shape index (κ1) is 15.6. The van der Waals surface area contributed by atoms with Gasteiger partial charge in [-0.2, -0.15) is 0 Å². The Morgan fingerprint density at radius 1 is 1.32 bits per heavy atom. The number of hydrogen-bond acceptors (Lipinski definition) is 6. The van der Waals surface area contributed by atoms with Crippen LogP contribution in [0.2, 0.25) is 0 Å². The molecule has 1 rings (SSSR count). The predicted molar refractivity (Wildman–Crippen MR) is 68.0 cm³/mol. The van der Waals surface area contributed by atoms with E-state index >= 15 is 0 Å². The minimum atomic E-state index is -0.481. The van der Waals surface area contributed by atoms with Crippen LogP contribution in [0.3, 0.4) is 0 Å². The van der Waals surface area contributed by atoms with Crippen LogP contribution in [0, 0.1) is 6.92 Å². The first-order valence-corrected chi connectivity index (χ1v) is 6.24. The zero-order valence-corrected chi connectivity index (χ0v) is 11.9. The lowest BCUT2D eigenvalue weighted by molar-refractivity contribution is 0.0380. The summed E-state index contributed by atoms with van der Waals surface area (Å²) in [6.07, 6.45) is 0.169. The van der Waals surface area contributed by atoms with Crippen molar-refractivity contribution in [2.75, 3.05) is 26.9 Å². The second-order valence-corrected chi connectivity index (χ2v) is 4.29. The molecule has 0 amide bonds. The van der Waals surface area contributed by atoms with E-state index in [-0.39, 0.29) is 18.4 Å². The molecule has 0 aliphatic heterocycles. The van der Waals surface area contributed by atoms with E-state index in [0.29, 0.717) is 25.5 Å². The van der Waals surface area contributed by atoms with Gasteiger partial charge < -0.3 is 14.2 Å². The molecule has 0 saturated heterocycles. The van der Waals surface area contributed by atoms with E-state index in [1.54, 1.807) is 18.7 Å². The van der Waals surface area contributed by atoms with E-state index in [1.165, 1.54) is 0 Å². The van der Waals surface area contributed by atoms with Crippen molar-refractivity contribution >= 4 is 5.97 Å². The van der Waals surface area contributed by atoms with Crippen molar-refractivity contribution in [2.24, 2.45) is 0 Å². The first-order valence-electron chi connectivity index (χ1n) is 6.24. The van der Waals surface area contributed by atoms with Crippen molar-refractivity contribution in [3.8, 4) is 0 Å². The van der Waals surface area contributed by atoms with Gasteiger partial charge in [-0.1, -0.05) is 5.21 Å². The highest BCUT2D eigenvalue weighted by Gasteiger charge is 2.17. The van der Waals surface area contributed by atoms with Crippen LogP contribution in [0.25, 0.3) is 0 Å². The molecule has 0 atom stereocenters. The quantitative estimate of drug-likeness (QED) is 0.514. The smallest absolute Gasteiger partial charge is 0.360 e. The molecule has 0 aliphatic carbocycles. The fourth-order valence-corrected chi connectivity index (χ4v) is 1.42. The maximum absolute atomic E-state index is 11.7. The summed E-state index contributed by atoms with van der Waals surface area (Å²) >= 11 is 0. The molecule has 0 spiro atoms. The second kappa shape index (κ2) is 7.85. The summed E-state index contributed by atoms with van der Waals surface area (Å²) in [5, 5.41) is 7.75. The number of methoxy groups -OCH3 is 1. The molecule has 0 N–H and O–H groups in total. The zero-order valence-electron chi connectivity index (χ0n) is 11.9. The summed E-state index contributed by atoms with van der Waals surface area (Å²) in [6, 6.07) is 0. The molecular formula is C12H21N3O4. The lowest BCUT2D eigenvalue weighted by Gasteiger charge is -2.08. The van der Waals surface area contributed by atoms with Crippen molar-refractivity contribution in [3.63, 3.8) is 0 Å². The average molecular weight is 271 g/mol. The zero-order chi connectivity index (χ0) is 14.3. The Hall–Kier alpha value is -1.47. The van der Waals surface area contributed by atoms with Gasteiger partial charge >= 0.3 is 5.97 Å². The van der Waals surface area contributed by atoms with Crippen molar-refractivity contribution in [1.29, 1.82) is 0 Å². The Morgan fingerprint density at radius 3 is 2.68 bits per heavy atom. The molecule has 7 nitrogen and oxygen atoms in total.